The molecule has 0 bridgehead atoms. The predicted molar refractivity (Wildman–Crippen MR) is 46.9 cm³/mol. The maximum atomic E-state index is 11.3. The summed E-state index contributed by atoms with van der Waals surface area (Å²) in [6.07, 6.45) is 1.35. The van der Waals surface area contributed by atoms with E-state index in [2.05, 4.69) is 15.3 Å². The van der Waals surface area contributed by atoms with Gasteiger partial charge in [0.2, 0.25) is 11.2 Å². The van der Waals surface area contributed by atoms with Crippen molar-refractivity contribution < 1.29 is 9.00 Å². The Balaban J connectivity index is 2.55. The molecule has 0 saturated carbocycles. The molecule has 1 aliphatic rings. The van der Waals surface area contributed by atoms with Crippen LogP contribution in [0.3, 0.4) is 0 Å². The Labute approximate surface area is 81.0 Å². The number of rotatable bonds is 0. The predicted octanol–water partition coefficient (Wildman–Crippen LogP) is 0.190. The fourth-order valence-electron chi connectivity index (χ4n) is 0.979. The van der Waals surface area contributed by atoms with Gasteiger partial charge >= 0.3 is 0 Å². The second-order valence-electron chi connectivity index (χ2n) is 2.40. The van der Waals surface area contributed by atoms with E-state index < -0.39 is 10.8 Å². The summed E-state index contributed by atoms with van der Waals surface area (Å²) in [7, 11) is -1.40. The summed E-state index contributed by atoms with van der Waals surface area (Å²) < 4.78 is 11.3. The molecule has 13 heavy (non-hydrogen) atoms. The van der Waals surface area contributed by atoms with Crippen molar-refractivity contribution in [1.82, 2.24) is 9.97 Å². The average molecular weight is 218 g/mol. The molecule has 5 nitrogen and oxygen atoms in total. The molecular weight excluding hydrogens is 214 g/mol. The van der Waals surface area contributed by atoms with E-state index in [1.807, 2.05) is 0 Å². The average Bonchev–Trinajstić information content (AvgIpc) is 2.06. The van der Waals surface area contributed by atoms with Gasteiger partial charge in [-0.2, -0.15) is 0 Å². The van der Waals surface area contributed by atoms with Crippen molar-refractivity contribution in [2.24, 2.45) is 0 Å². The van der Waals surface area contributed by atoms with Crippen LogP contribution in [0.2, 0.25) is 5.28 Å². The van der Waals surface area contributed by atoms with E-state index in [1.165, 1.54) is 6.20 Å². The van der Waals surface area contributed by atoms with Gasteiger partial charge in [0.05, 0.1) is 22.7 Å². The molecule has 2 rings (SSSR count). The SMILES string of the molecule is O=C1CS(=O)c2nc(Cl)ncc2N1. The Bertz CT molecular complexity index is 409. The molecule has 2 heterocycles. The minimum Gasteiger partial charge on any atom is -0.322 e. The first-order valence-electron chi connectivity index (χ1n) is 3.37. The number of fused-ring (bicyclic) bond motifs is 1. The van der Waals surface area contributed by atoms with Gasteiger partial charge in [-0.25, -0.2) is 9.97 Å². The highest BCUT2D eigenvalue weighted by atomic mass is 35.5. The van der Waals surface area contributed by atoms with Gasteiger partial charge in [-0.3, -0.25) is 9.00 Å². The number of aromatic nitrogens is 2. The van der Waals surface area contributed by atoms with Crippen molar-refractivity contribution in [1.29, 1.82) is 0 Å². The lowest BCUT2D eigenvalue weighted by atomic mass is 10.5. The van der Waals surface area contributed by atoms with E-state index in [0.717, 1.165) is 0 Å². The minimum atomic E-state index is -1.40. The van der Waals surface area contributed by atoms with E-state index in [9.17, 15) is 9.00 Å². The Morgan fingerprint density at radius 3 is 3.15 bits per heavy atom. The molecule has 0 saturated heterocycles. The Morgan fingerprint density at radius 1 is 1.62 bits per heavy atom. The molecule has 1 aromatic heterocycles. The second-order valence-corrected chi connectivity index (χ2v) is 4.10. The van der Waals surface area contributed by atoms with Crippen LogP contribution < -0.4 is 5.32 Å². The van der Waals surface area contributed by atoms with Crippen molar-refractivity contribution in [3.63, 3.8) is 0 Å². The first-order chi connectivity index (χ1) is 6.16. The molecule has 0 aromatic carbocycles. The molecule has 1 unspecified atom stereocenters. The molecule has 1 amide bonds. The van der Waals surface area contributed by atoms with Crippen LogP contribution in [0.5, 0.6) is 0 Å². The van der Waals surface area contributed by atoms with Gasteiger partial charge in [0, 0.05) is 0 Å². The Morgan fingerprint density at radius 2 is 2.38 bits per heavy atom. The van der Waals surface area contributed by atoms with Crippen molar-refractivity contribution in [2.75, 3.05) is 11.1 Å². The third kappa shape index (κ3) is 1.54. The molecular formula is C6H4ClN3O2S. The molecule has 1 atom stereocenters. The highest BCUT2D eigenvalue weighted by Crippen LogP contribution is 2.21. The van der Waals surface area contributed by atoms with Crippen LogP contribution in [0.15, 0.2) is 11.2 Å². The zero-order valence-corrected chi connectivity index (χ0v) is 7.85. The maximum absolute atomic E-state index is 11.3. The number of carbonyl (C=O) groups excluding carboxylic acids is 1. The van der Waals surface area contributed by atoms with Gasteiger partial charge in [-0.15, -0.1) is 0 Å². The lowest BCUT2D eigenvalue weighted by Gasteiger charge is -2.13. The zero-order valence-electron chi connectivity index (χ0n) is 6.28. The van der Waals surface area contributed by atoms with Gasteiger partial charge in [0.1, 0.15) is 5.75 Å². The molecule has 1 N–H and O–H groups in total. The van der Waals surface area contributed by atoms with Crippen LogP contribution in [0.25, 0.3) is 0 Å². The second kappa shape index (κ2) is 3.04. The first kappa shape index (κ1) is 8.58. The first-order valence-corrected chi connectivity index (χ1v) is 5.07. The van der Waals surface area contributed by atoms with Gasteiger partial charge < -0.3 is 5.32 Å². The highest BCUT2D eigenvalue weighted by molar-refractivity contribution is 7.86. The van der Waals surface area contributed by atoms with Crippen molar-refractivity contribution in [3.8, 4) is 0 Å². The number of hydrogen-bond acceptors (Lipinski definition) is 4. The van der Waals surface area contributed by atoms with Crippen LogP contribution >= 0.6 is 11.6 Å². The molecule has 1 aliphatic heterocycles. The zero-order chi connectivity index (χ0) is 9.42. The fourth-order valence-corrected chi connectivity index (χ4v) is 2.15. The van der Waals surface area contributed by atoms with Crippen LogP contribution in [-0.2, 0) is 15.6 Å². The summed E-state index contributed by atoms with van der Waals surface area (Å²) in [5.74, 6) is -0.364. The largest absolute Gasteiger partial charge is 0.322 e. The topological polar surface area (TPSA) is 72.0 Å². The monoisotopic (exact) mass is 217 g/mol. The maximum Gasteiger partial charge on any atom is 0.237 e. The third-order valence-electron chi connectivity index (χ3n) is 1.48. The Kier molecular flexibility index (Phi) is 2.01. The van der Waals surface area contributed by atoms with Crippen LogP contribution in [0, 0.1) is 0 Å². The van der Waals surface area contributed by atoms with E-state index in [4.69, 9.17) is 11.6 Å². The van der Waals surface area contributed by atoms with Crippen molar-refractivity contribution in [2.45, 2.75) is 5.03 Å². The van der Waals surface area contributed by atoms with E-state index >= 15 is 0 Å². The van der Waals surface area contributed by atoms with Crippen molar-refractivity contribution in [3.05, 3.63) is 11.5 Å². The number of carbonyl (C=O) groups is 1. The molecule has 68 valence electrons. The molecule has 0 radical (unpaired) electrons. The van der Waals surface area contributed by atoms with E-state index in [0.29, 0.717) is 10.7 Å². The van der Waals surface area contributed by atoms with Crippen LogP contribution in [0.4, 0.5) is 5.69 Å². The standard InChI is InChI=1S/C6H4ClN3O2S/c7-6-8-1-3-5(10-6)13(12)2-4(11)9-3/h1H,2H2,(H,9,11). The molecule has 0 aliphatic carbocycles. The quantitative estimate of drug-likeness (QED) is 0.498. The van der Waals surface area contributed by atoms with Crippen LogP contribution in [0.1, 0.15) is 0 Å². The summed E-state index contributed by atoms with van der Waals surface area (Å²) in [6.45, 7) is 0. The van der Waals surface area contributed by atoms with Gasteiger partial charge in [-0.1, -0.05) is 0 Å². The van der Waals surface area contributed by atoms with Gasteiger partial charge in [0.15, 0.2) is 5.03 Å². The number of halogens is 1. The molecule has 0 spiro atoms. The number of anilines is 1. The summed E-state index contributed by atoms with van der Waals surface area (Å²) in [5.41, 5.74) is 0.374. The normalized spacial score (nSPS) is 20.7. The lowest BCUT2D eigenvalue weighted by molar-refractivity contribution is -0.114. The van der Waals surface area contributed by atoms with Crippen molar-refractivity contribution >= 4 is 34.0 Å². The smallest absolute Gasteiger partial charge is 0.237 e. The summed E-state index contributed by atoms with van der Waals surface area (Å²) in [6, 6.07) is 0. The Hall–Kier alpha value is -1.01. The number of hydrogen-bond donors (Lipinski definition) is 1. The summed E-state index contributed by atoms with van der Waals surface area (Å²) >= 11 is 5.51. The molecule has 7 heteroatoms. The van der Waals surface area contributed by atoms with E-state index in [1.54, 1.807) is 0 Å². The minimum absolute atomic E-state index is 0.0308. The number of amides is 1. The van der Waals surface area contributed by atoms with Crippen LogP contribution in [-0.4, -0.2) is 25.8 Å². The summed E-state index contributed by atoms with van der Waals surface area (Å²) in [4.78, 5) is 18.4. The summed E-state index contributed by atoms with van der Waals surface area (Å²) in [5, 5.41) is 2.82. The number of nitrogens with zero attached hydrogens (tertiary/aromatic N) is 2. The van der Waals surface area contributed by atoms with E-state index in [-0.39, 0.29) is 16.9 Å². The third-order valence-corrected chi connectivity index (χ3v) is 2.93. The molecule has 0 fully saturated rings. The molecule has 1 aromatic rings. The highest BCUT2D eigenvalue weighted by Gasteiger charge is 2.23. The van der Waals surface area contributed by atoms with Gasteiger partial charge in [0.25, 0.3) is 0 Å². The van der Waals surface area contributed by atoms with Gasteiger partial charge in [-0.05, 0) is 11.6 Å². The fraction of sp³-hybridized carbons (Fsp3) is 0.167. The lowest BCUT2D eigenvalue weighted by Crippen LogP contribution is -2.26. The number of nitrogens with one attached hydrogen (secondary N) is 1.